The molecule has 160 valence electrons. The topological polar surface area (TPSA) is 68.2 Å². The van der Waals surface area contributed by atoms with E-state index < -0.39 is 34.6 Å². The Morgan fingerprint density at radius 2 is 1.41 bits per heavy atom. The lowest BCUT2D eigenvalue weighted by molar-refractivity contribution is -0.116. The number of halogens is 3. The number of anilines is 1. The van der Waals surface area contributed by atoms with Crippen molar-refractivity contribution in [3.8, 4) is 0 Å². The minimum atomic E-state index is -0.705. The quantitative estimate of drug-likeness (QED) is 0.475. The molecule has 4 rings (SSSR count). The highest BCUT2D eigenvalue weighted by molar-refractivity contribution is 6.10. The molecule has 0 aliphatic heterocycles. The molecule has 0 saturated heterocycles. The molecule has 0 fully saturated rings. The molecule has 8 heteroatoms. The van der Waals surface area contributed by atoms with Gasteiger partial charge in [0.1, 0.15) is 24.0 Å². The number of nitrogens with one attached hydrogen (secondary N) is 1. The van der Waals surface area contributed by atoms with Crippen molar-refractivity contribution in [2.24, 2.45) is 0 Å². The average molecular weight is 436 g/mol. The first kappa shape index (κ1) is 21.0. The third kappa shape index (κ3) is 4.29. The molecular weight excluding hydrogens is 421 g/mol. The normalized spacial score (nSPS) is 10.8. The Morgan fingerprint density at radius 1 is 0.812 bits per heavy atom. The Morgan fingerprint density at radius 3 is 2.06 bits per heavy atom. The number of hydrogen-bond donors (Lipinski definition) is 1. The summed E-state index contributed by atoms with van der Waals surface area (Å²) in [5.41, 5.74) is -0.313. The average Bonchev–Trinajstić information content (AvgIpc) is 2.77. The van der Waals surface area contributed by atoms with Gasteiger partial charge in [-0.25, -0.2) is 13.2 Å². The van der Waals surface area contributed by atoms with Gasteiger partial charge in [0, 0.05) is 22.8 Å². The van der Waals surface area contributed by atoms with Crippen LogP contribution >= 0.6 is 0 Å². The summed E-state index contributed by atoms with van der Waals surface area (Å²) < 4.78 is 41.5. The molecule has 1 heterocycles. The number of fused-ring (bicyclic) bond motifs is 1. The van der Waals surface area contributed by atoms with Crippen LogP contribution in [0.4, 0.5) is 18.9 Å². The first-order valence-corrected chi connectivity index (χ1v) is 9.50. The maximum atomic E-state index is 13.8. The number of pyridine rings is 1. The first-order chi connectivity index (χ1) is 15.3. The second-order valence-electron chi connectivity index (χ2n) is 7.05. The maximum absolute atomic E-state index is 13.8. The minimum Gasteiger partial charge on any atom is -0.337 e. The summed E-state index contributed by atoms with van der Waals surface area (Å²) in [5, 5.41) is 2.51. The van der Waals surface area contributed by atoms with Crippen LogP contribution in [0.2, 0.25) is 0 Å². The smallest absolute Gasteiger partial charge is 0.244 e. The van der Waals surface area contributed by atoms with Gasteiger partial charge in [0.05, 0.1) is 11.1 Å². The van der Waals surface area contributed by atoms with Crippen molar-refractivity contribution in [2.45, 2.75) is 6.54 Å². The minimum absolute atomic E-state index is 0.0709. The molecule has 0 aliphatic rings. The summed E-state index contributed by atoms with van der Waals surface area (Å²) in [6, 6.07) is 13.3. The second-order valence-corrected chi connectivity index (χ2v) is 7.05. The molecule has 0 saturated carbocycles. The molecule has 0 bridgehead atoms. The molecule has 0 radical (unpaired) electrons. The lowest BCUT2D eigenvalue weighted by atomic mass is 10.0. The van der Waals surface area contributed by atoms with Crippen LogP contribution in [-0.4, -0.2) is 16.3 Å². The van der Waals surface area contributed by atoms with E-state index in [2.05, 4.69) is 5.32 Å². The number of ketones is 1. The summed E-state index contributed by atoms with van der Waals surface area (Å²) in [5.74, 6) is -2.87. The van der Waals surface area contributed by atoms with E-state index in [1.165, 1.54) is 53.2 Å². The van der Waals surface area contributed by atoms with E-state index >= 15 is 0 Å². The van der Waals surface area contributed by atoms with Gasteiger partial charge in [-0.05, 0) is 66.7 Å². The monoisotopic (exact) mass is 436 g/mol. The van der Waals surface area contributed by atoms with E-state index in [9.17, 15) is 27.6 Å². The summed E-state index contributed by atoms with van der Waals surface area (Å²) in [7, 11) is 0. The molecule has 0 aliphatic carbocycles. The van der Waals surface area contributed by atoms with E-state index in [1.807, 2.05) is 0 Å². The SMILES string of the molecule is O=C(Cn1cc(C(=O)c2ccc(F)cc2)c(=O)c2cc(F)ccc21)Nc1ccc(F)cc1. The predicted molar refractivity (Wildman–Crippen MR) is 113 cm³/mol. The molecule has 32 heavy (non-hydrogen) atoms. The van der Waals surface area contributed by atoms with Gasteiger partial charge in [0.25, 0.3) is 0 Å². The van der Waals surface area contributed by atoms with Gasteiger partial charge in [0.15, 0.2) is 5.78 Å². The van der Waals surface area contributed by atoms with Crippen LogP contribution in [-0.2, 0) is 11.3 Å². The largest absolute Gasteiger partial charge is 0.337 e. The van der Waals surface area contributed by atoms with Crippen LogP contribution in [0.15, 0.2) is 77.7 Å². The zero-order valence-corrected chi connectivity index (χ0v) is 16.4. The number of rotatable bonds is 5. The van der Waals surface area contributed by atoms with Crippen molar-refractivity contribution in [1.82, 2.24) is 4.57 Å². The molecule has 1 aromatic heterocycles. The summed E-state index contributed by atoms with van der Waals surface area (Å²) >= 11 is 0. The molecule has 1 amide bonds. The van der Waals surface area contributed by atoms with E-state index in [-0.39, 0.29) is 28.6 Å². The molecule has 4 aromatic rings. The van der Waals surface area contributed by atoms with Crippen LogP contribution in [0.1, 0.15) is 15.9 Å². The van der Waals surface area contributed by atoms with Gasteiger partial charge in [-0.1, -0.05) is 0 Å². The lowest BCUT2D eigenvalue weighted by Gasteiger charge is -2.14. The van der Waals surface area contributed by atoms with Crippen molar-refractivity contribution in [1.29, 1.82) is 0 Å². The van der Waals surface area contributed by atoms with Gasteiger partial charge < -0.3 is 9.88 Å². The van der Waals surface area contributed by atoms with Gasteiger partial charge in [0.2, 0.25) is 11.3 Å². The van der Waals surface area contributed by atoms with Crippen molar-refractivity contribution in [3.63, 3.8) is 0 Å². The molecule has 1 N–H and O–H groups in total. The van der Waals surface area contributed by atoms with E-state index in [4.69, 9.17) is 0 Å². The highest BCUT2D eigenvalue weighted by Crippen LogP contribution is 2.17. The number of carbonyl (C=O) groups is 2. The van der Waals surface area contributed by atoms with Gasteiger partial charge in [-0.15, -0.1) is 0 Å². The number of aromatic nitrogens is 1. The highest BCUT2D eigenvalue weighted by Gasteiger charge is 2.19. The van der Waals surface area contributed by atoms with Crippen LogP contribution in [0.5, 0.6) is 0 Å². The second kappa shape index (κ2) is 8.50. The summed E-state index contributed by atoms with van der Waals surface area (Å²) in [6.45, 7) is -0.302. The number of benzene rings is 3. The number of hydrogen-bond acceptors (Lipinski definition) is 3. The fourth-order valence-corrected chi connectivity index (χ4v) is 3.31. The molecule has 0 unspecified atom stereocenters. The third-order valence-electron chi connectivity index (χ3n) is 4.84. The van der Waals surface area contributed by atoms with E-state index in [0.717, 1.165) is 24.3 Å². The molecule has 0 spiro atoms. The standard InChI is InChI=1S/C24H15F3N2O3/c25-15-3-1-14(2-4-15)23(31)20-12-29(21-10-7-17(27)11-19(21)24(20)32)13-22(30)28-18-8-5-16(26)6-9-18/h1-12H,13H2,(H,28,30). The van der Waals surface area contributed by atoms with Gasteiger partial charge >= 0.3 is 0 Å². The predicted octanol–water partition coefficient (Wildman–Crippen LogP) is 4.29. The summed E-state index contributed by atoms with van der Waals surface area (Å²) in [4.78, 5) is 38.4. The summed E-state index contributed by atoms with van der Waals surface area (Å²) in [6.07, 6.45) is 1.22. The van der Waals surface area contributed by atoms with E-state index in [0.29, 0.717) is 5.69 Å². The maximum Gasteiger partial charge on any atom is 0.244 e. The number of carbonyl (C=O) groups excluding carboxylic acids is 2. The van der Waals surface area contributed by atoms with Gasteiger partial charge in [-0.3, -0.25) is 14.4 Å². The zero-order valence-electron chi connectivity index (χ0n) is 16.4. The van der Waals surface area contributed by atoms with Crippen molar-refractivity contribution >= 4 is 28.3 Å². The van der Waals surface area contributed by atoms with Gasteiger partial charge in [-0.2, -0.15) is 0 Å². The van der Waals surface area contributed by atoms with E-state index in [1.54, 1.807) is 0 Å². The Bertz CT molecular complexity index is 1400. The number of nitrogens with zero attached hydrogens (tertiary/aromatic N) is 1. The molecule has 3 aromatic carbocycles. The zero-order chi connectivity index (χ0) is 22.8. The van der Waals surface area contributed by atoms with Crippen LogP contribution in [0.3, 0.4) is 0 Å². The van der Waals surface area contributed by atoms with Crippen LogP contribution in [0, 0.1) is 17.5 Å². The van der Waals surface area contributed by atoms with Crippen molar-refractivity contribution in [2.75, 3.05) is 5.32 Å². The Kier molecular flexibility index (Phi) is 5.59. The Hall–Kier alpha value is -4.20. The molecular formula is C24H15F3N2O3. The fraction of sp³-hybridized carbons (Fsp3) is 0.0417. The third-order valence-corrected chi connectivity index (χ3v) is 4.84. The highest BCUT2D eigenvalue weighted by atomic mass is 19.1. The number of amides is 1. The fourth-order valence-electron chi connectivity index (χ4n) is 3.31. The van der Waals surface area contributed by atoms with Crippen LogP contribution < -0.4 is 10.7 Å². The first-order valence-electron chi connectivity index (χ1n) is 9.50. The Balaban J connectivity index is 1.75. The van der Waals surface area contributed by atoms with Crippen molar-refractivity contribution < 1.29 is 22.8 Å². The Labute approximate surface area is 179 Å². The van der Waals surface area contributed by atoms with Crippen molar-refractivity contribution in [3.05, 3.63) is 112 Å². The lowest BCUT2D eigenvalue weighted by Crippen LogP contribution is -2.24. The molecule has 0 atom stereocenters. The molecule has 5 nitrogen and oxygen atoms in total. The van der Waals surface area contributed by atoms with Crippen LogP contribution in [0.25, 0.3) is 10.9 Å².